The van der Waals surface area contributed by atoms with Crippen LogP contribution in [0.3, 0.4) is 0 Å². The zero-order valence-corrected chi connectivity index (χ0v) is 11.1. The van der Waals surface area contributed by atoms with Crippen molar-refractivity contribution < 1.29 is 0 Å². The normalized spacial score (nSPS) is 15.1. The van der Waals surface area contributed by atoms with Gasteiger partial charge in [-0.2, -0.15) is 0 Å². The number of aryl methyl sites for hydroxylation is 1. The first-order valence-corrected chi connectivity index (χ1v) is 6.88. The van der Waals surface area contributed by atoms with Gasteiger partial charge in [0.05, 0.1) is 0 Å². The largest absolute Gasteiger partial charge is 0.399 e. The average Bonchev–Trinajstić information content (AvgIpc) is 2.36. The highest BCUT2D eigenvalue weighted by Crippen LogP contribution is 2.30. The van der Waals surface area contributed by atoms with Gasteiger partial charge in [0.15, 0.2) is 0 Å². The number of nitrogen functional groups attached to an aromatic ring is 1. The van der Waals surface area contributed by atoms with Gasteiger partial charge in [-0.1, -0.05) is 32.8 Å². The minimum absolute atomic E-state index is 0.808. The number of nitrogens with two attached hydrogens (primary N) is 1. The third-order valence-corrected chi connectivity index (χ3v) is 3.96. The standard InChI is InChI=1S/C15H24N2/c1-3-12(4-2)11-17-9-5-6-13-7-8-14(16)10-15(13)17/h7-8,10,12H,3-6,9,11,16H2,1-2H3. The van der Waals surface area contributed by atoms with E-state index in [9.17, 15) is 0 Å². The summed E-state index contributed by atoms with van der Waals surface area (Å²) in [5, 5.41) is 0. The van der Waals surface area contributed by atoms with Crippen LogP contribution in [0.4, 0.5) is 11.4 Å². The molecule has 1 heterocycles. The van der Waals surface area contributed by atoms with E-state index < -0.39 is 0 Å². The molecule has 0 unspecified atom stereocenters. The Bertz CT molecular complexity index is 369. The van der Waals surface area contributed by atoms with Gasteiger partial charge >= 0.3 is 0 Å². The summed E-state index contributed by atoms with van der Waals surface area (Å²) in [7, 11) is 0. The molecule has 0 atom stereocenters. The molecular formula is C15H24N2. The van der Waals surface area contributed by atoms with Gasteiger partial charge < -0.3 is 10.6 Å². The van der Waals surface area contributed by atoms with Crippen molar-refractivity contribution in [1.29, 1.82) is 0 Å². The molecule has 0 saturated carbocycles. The van der Waals surface area contributed by atoms with Crippen LogP contribution >= 0.6 is 0 Å². The smallest absolute Gasteiger partial charge is 0.0419 e. The second kappa shape index (κ2) is 5.44. The Hall–Kier alpha value is -1.18. The van der Waals surface area contributed by atoms with E-state index in [0.717, 1.165) is 11.6 Å². The van der Waals surface area contributed by atoms with Crippen LogP contribution < -0.4 is 10.6 Å². The molecule has 0 aliphatic carbocycles. The maximum Gasteiger partial charge on any atom is 0.0419 e. The van der Waals surface area contributed by atoms with Gasteiger partial charge in [0.2, 0.25) is 0 Å². The summed E-state index contributed by atoms with van der Waals surface area (Å²) >= 11 is 0. The lowest BCUT2D eigenvalue weighted by atomic mass is 9.97. The Morgan fingerprint density at radius 3 is 2.76 bits per heavy atom. The van der Waals surface area contributed by atoms with Gasteiger partial charge in [0.25, 0.3) is 0 Å². The van der Waals surface area contributed by atoms with Crippen molar-refractivity contribution in [2.45, 2.75) is 39.5 Å². The van der Waals surface area contributed by atoms with Crippen molar-refractivity contribution in [1.82, 2.24) is 0 Å². The van der Waals surface area contributed by atoms with Crippen molar-refractivity contribution in [2.24, 2.45) is 5.92 Å². The minimum Gasteiger partial charge on any atom is -0.399 e. The van der Waals surface area contributed by atoms with Crippen LogP contribution in [0.15, 0.2) is 18.2 Å². The summed E-state index contributed by atoms with van der Waals surface area (Å²) in [6.07, 6.45) is 5.02. The lowest BCUT2D eigenvalue weighted by Crippen LogP contribution is -2.33. The third-order valence-electron chi connectivity index (χ3n) is 3.96. The van der Waals surface area contributed by atoms with Crippen LogP contribution in [-0.4, -0.2) is 13.1 Å². The minimum atomic E-state index is 0.808. The highest BCUT2D eigenvalue weighted by Gasteiger charge is 2.19. The number of hydrogen-bond donors (Lipinski definition) is 1. The summed E-state index contributed by atoms with van der Waals surface area (Å²) in [5.41, 5.74) is 9.65. The summed E-state index contributed by atoms with van der Waals surface area (Å²) < 4.78 is 0. The monoisotopic (exact) mass is 232 g/mol. The molecule has 0 saturated heterocycles. The van der Waals surface area contributed by atoms with Crippen LogP contribution in [0.1, 0.15) is 38.7 Å². The zero-order valence-electron chi connectivity index (χ0n) is 11.1. The maximum atomic E-state index is 5.91. The lowest BCUT2D eigenvalue weighted by Gasteiger charge is -2.34. The first-order valence-electron chi connectivity index (χ1n) is 6.88. The first kappa shape index (κ1) is 12.3. The topological polar surface area (TPSA) is 29.3 Å². The van der Waals surface area contributed by atoms with Crippen LogP contribution in [-0.2, 0) is 6.42 Å². The molecule has 0 aromatic heterocycles. The predicted molar refractivity (Wildman–Crippen MR) is 75.5 cm³/mol. The van der Waals surface area contributed by atoms with Crippen LogP contribution in [0.2, 0.25) is 0 Å². The Morgan fingerprint density at radius 1 is 1.29 bits per heavy atom. The average molecular weight is 232 g/mol. The van der Waals surface area contributed by atoms with Crippen molar-refractivity contribution in [3.8, 4) is 0 Å². The number of benzene rings is 1. The van der Waals surface area contributed by atoms with Gasteiger partial charge in [-0.05, 0) is 36.5 Å². The number of nitrogens with zero attached hydrogens (tertiary/aromatic N) is 1. The van der Waals surface area contributed by atoms with E-state index in [0.29, 0.717) is 0 Å². The number of rotatable bonds is 4. The molecule has 0 radical (unpaired) electrons. The Balaban J connectivity index is 2.18. The van der Waals surface area contributed by atoms with Gasteiger partial charge in [-0.15, -0.1) is 0 Å². The lowest BCUT2D eigenvalue weighted by molar-refractivity contribution is 0.475. The highest BCUT2D eigenvalue weighted by molar-refractivity contribution is 5.62. The SMILES string of the molecule is CCC(CC)CN1CCCc2ccc(N)cc21. The van der Waals surface area contributed by atoms with Crippen LogP contribution in [0.25, 0.3) is 0 Å². The maximum absolute atomic E-state index is 5.91. The van der Waals surface area contributed by atoms with Crippen molar-refractivity contribution >= 4 is 11.4 Å². The fraction of sp³-hybridized carbons (Fsp3) is 0.600. The molecule has 2 nitrogen and oxygen atoms in total. The second-order valence-corrected chi connectivity index (χ2v) is 5.12. The molecule has 0 fully saturated rings. The quantitative estimate of drug-likeness (QED) is 0.806. The fourth-order valence-corrected chi connectivity index (χ4v) is 2.72. The van der Waals surface area contributed by atoms with E-state index in [1.807, 2.05) is 6.07 Å². The van der Waals surface area contributed by atoms with Crippen LogP contribution in [0.5, 0.6) is 0 Å². The van der Waals surface area contributed by atoms with E-state index in [2.05, 4.69) is 30.9 Å². The number of fused-ring (bicyclic) bond motifs is 1. The van der Waals surface area contributed by atoms with Gasteiger partial charge in [-0.3, -0.25) is 0 Å². The van der Waals surface area contributed by atoms with Crippen LogP contribution in [0, 0.1) is 5.92 Å². The second-order valence-electron chi connectivity index (χ2n) is 5.12. The molecule has 1 aromatic carbocycles. The fourth-order valence-electron chi connectivity index (χ4n) is 2.72. The molecule has 2 heteroatoms. The Labute approximate surface area is 105 Å². The first-order chi connectivity index (χ1) is 8.24. The third kappa shape index (κ3) is 2.74. The molecule has 2 rings (SSSR count). The predicted octanol–water partition coefficient (Wildman–Crippen LogP) is 3.46. The zero-order chi connectivity index (χ0) is 12.3. The molecule has 0 spiro atoms. The molecule has 94 valence electrons. The molecule has 0 bridgehead atoms. The summed E-state index contributed by atoms with van der Waals surface area (Å²) in [6, 6.07) is 6.38. The molecule has 1 aromatic rings. The molecule has 1 aliphatic rings. The van der Waals surface area contributed by atoms with Gasteiger partial charge in [0.1, 0.15) is 0 Å². The number of anilines is 2. The summed E-state index contributed by atoms with van der Waals surface area (Å²) in [4.78, 5) is 2.53. The Kier molecular flexibility index (Phi) is 3.93. The Morgan fingerprint density at radius 2 is 2.06 bits per heavy atom. The molecule has 1 aliphatic heterocycles. The van der Waals surface area contributed by atoms with Crippen molar-refractivity contribution in [2.75, 3.05) is 23.7 Å². The van der Waals surface area contributed by atoms with E-state index >= 15 is 0 Å². The molecule has 2 N–H and O–H groups in total. The van der Waals surface area contributed by atoms with Gasteiger partial charge in [0, 0.05) is 24.5 Å². The number of hydrogen-bond acceptors (Lipinski definition) is 2. The van der Waals surface area contributed by atoms with E-state index in [1.165, 1.54) is 50.0 Å². The summed E-state index contributed by atoms with van der Waals surface area (Å²) in [5.74, 6) is 0.808. The molecule has 17 heavy (non-hydrogen) atoms. The molecular weight excluding hydrogens is 208 g/mol. The van der Waals surface area contributed by atoms with E-state index in [1.54, 1.807) is 0 Å². The van der Waals surface area contributed by atoms with Crippen molar-refractivity contribution in [3.05, 3.63) is 23.8 Å². The van der Waals surface area contributed by atoms with Gasteiger partial charge in [-0.25, -0.2) is 0 Å². The molecule has 0 amide bonds. The van der Waals surface area contributed by atoms with E-state index in [4.69, 9.17) is 5.73 Å². The highest BCUT2D eigenvalue weighted by atomic mass is 15.1. The summed E-state index contributed by atoms with van der Waals surface area (Å²) in [6.45, 7) is 6.95. The van der Waals surface area contributed by atoms with Crippen molar-refractivity contribution in [3.63, 3.8) is 0 Å². The van der Waals surface area contributed by atoms with E-state index in [-0.39, 0.29) is 0 Å².